The van der Waals surface area contributed by atoms with Gasteiger partial charge in [0.15, 0.2) is 0 Å². The van der Waals surface area contributed by atoms with Crippen LogP contribution in [0.15, 0.2) is 42.5 Å². The Morgan fingerprint density at radius 1 is 1.14 bits per heavy atom. The fourth-order valence-electron chi connectivity index (χ4n) is 3.10. The van der Waals surface area contributed by atoms with Crippen LogP contribution in [0.4, 0.5) is 10.1 Å². The van der Waals surface area contributed by atoms with E-state index in [4.69, 9.17) is 0 Å². The minimum atomic E-state index is -0.708. The number of carbonyl (C=O) groups is 3. The Labute approximate surface area is 160 Å². The number of amides is 2. The van der Waals surface area contributed by atoms with Gasteiger partial charge in [-0.2, -0.15) is 0 Å². The van der Waals surface area contributed by atoms with Gasteiger partial charge in [-0.25, -0.2) is 9.29 Å². The van der Waals surface area contributed by atoms with Crippen LogP contribution >= 0.6 is 0 Å². The van der Waals surface area contributed by atoms with Crippen LogP contribution in [0.3, 0.4) is 0 Å². The Balaban J connectivity index is 1.98. The number of esters is 1. The molecule has 1 aliphatic rings. The van der Waals surface area contributed by atoms with Crippen LogP contribution in [0.1, 0.15) is 30.0 Å². The third-order valence-electron chi connectivity index (χ3n) is 4.51. The Morgan fingerprint density at radius 3 is 2.43 bits per heavy atom. The zero-order valence-corrected chi connectivity index (χ0v) is 15.4. The highest BCUT2D eigenvalue weighted by Crippen LogP contribution is 2.40. The first-order valence-corrected chi connectivity index (χ1v) is 8.57. The number of aliphatic hydroxyl groups excluding tert-OH is 1. The fraction of sp³-hybridized carbons (Fsp3) is 0.190. The predicted molar refractivity (Wildman–Crippen MR) is 101 cm³/mol. The summed E-state index contributed by atoms with van der Waals surface area (Å²) in [7, 11) is 1.32. The first kappa shape index (κ1) is 19.3. The molecule has 6 nitrogen and oxygen atoms in total. The second-order valence-electron chi connectivity index (χ2n) is 6.32. The lowest BCUT2D eigenvalue weighted by atomic mass is 10.0. The van der Waals surface area contributed by atoms with Gasteiger partial charge in [0.1, 0.15) is 11.6 Å². The van der Waals surface area contributed by atoms with Crippen molar-refractivity contribution in [2.45, 2.75) is 19.8 Å². The summed E-state index contributed by atoms with van der Waals surface area (Å²) in [5.74, 6) is -2.49. The molecule has 144 valence electrons. The van der Waals surface area contributed by atoms with Gasteiger partial charge in [-0.05, 0) is 30.2 Å². The van der Waals surface area contributed by atoms with Crippen LogP contribution in [0.5, 0.6) is 0 Å². The third kappa shape index (κ3) is 3.51. The van der Waals surface area contributed by atoms with Gasteiger partial charge in [0, 0.05) is 24.5 Å². The number of carbonyl (C=O) groups excluding carboxylic acids is 3. The predicted octanol–water partition coefficient (Wildman–Crippen LogP) is 3.25. The van der Waals surface area contributed by atoms with Crippen molar-refractivity contribution < 1.29 is 28.6 Å². The van der Waals surface area contributed by atoms with E-state index in [9.17, 15) is 23.9 Å². The van der Waals surface area contributed by atoms with Crippen molar-refractivity contribution in [1.29, 1.82) is 0 Å². The summed E-state index contributed by atoms with van der Waals surface area (Å²) < 4.78 is 18.2. The summed E-state index contributed by atoms with van der Waals surface area (Å²) in [5.41, 5.74) is 1.55. The lowest BCUT2D eigenvalue weighted by Gasteiger charge is -2.12. The molecule has 0 unspecified atom stereocenters. The highest BCUT2D eigenvalue weighted by molar-refractivity contribution is 6.42. The van der Waals surface area contributed by atoms with E-state index >= 15 is 0 Å². The molecule has 0 aromatic heterocycles. The van der Waals surface area contributed by atoms with Gasteiger partial charge in [-0.3, -0.25) is 14.4 Å². The van der Waals surface area contributed by atoms with Crippen LogP contribution in [0.25, 0.3) is 11.3 Å². The smallest absolute Gasteiger partial charge is 0.305 e. The number of hydrogen-bond donors (Lipinski definition) is 1. The van der Waals surface area contributed by atoms with E-state index in [1.807, 2.05) is 0 Å². The van der Waals surface area contributed by atoms with E-state index < -0.39 is 17.6 Å². The van der Waals surface area contributed by atoms with E-state index in [0.29, 0.717) is 12.0 Å². The number of anilines is 1. The Bertz CT molecular complexity index is 994. The van der Waals surface area contributed by atoms with Crippen LogP contribution in [0, 0.1) is 5.82 Å². The van der Waals surface area contributed by atoms with Crippen molar-refractivity contribution in [3.8, 4) is 0 Å². The van der Waals surface area contributed by atoms with Gasteiger partial charge in [0.25, 0.3) is 5.91 Å². The average molecular weight is 383 g/mol. The van der Waals surface area contributed by atoms with Crippen LogP contribution < -0.4 is 4.90 Å². The quantitative estimate of drug-likeness (QED) is 0.498. The summed E-state index contributed by atoms with van der Waals surface area (Å²) in [6.07, 6.45) is 0.706. The molecule has 2 amide bonds. The number of benzene rings is 2. The maximum Gasteiger partial charge on any atom is 0.305 e. The van der Waals surface area contributed by atoms with Crippen molar-refractivity contribution in [2.75, 3.05) is 12.0 Å². The molecule has 1 N–H and O–H groups in total. The molecule has 0 bridgehead atoms. The zero-order chi connectivity index (χ0) is 20.4. The SMILES string of the molecule is COC(=O)CCc1ccc(/C(O)=C2\C(=O)N(C(C)=O)c3cc(F)ccc32)cc1. The van der Waals surface area contributed by atoms with E-state index in [1.54, 1.807) is 24.3 Å². The lowest BCUT2D eigenvalue weighted by Crippen LogP contribution is -2.31. The zero-order valence-electron chi connectivity index (χ0n) is 15.4. The van der Waals surface area contributed by atoms with Gasteiger partial charge < -0.3 is 9.84 Å². The second kappa shape index (κ2) is 7.64. The number of nitrogens with zero attached hydrogens (tertiary/aromatic N) is 1. The average Bonchev–Trinajstić information content (AvgIpc) is 2.96. The fourth-order valence-corrected chi connectivity index (χ4v) is 3.10. The molecule has 0 saturated heterocycles. The Hall–Kier alpha value is -3.48. The minimum Gasteiger partial charge on any atom is -0.506 e. The van der Waals surface area contributed by atoms with Gasteiger partial charge in [0.2, 0.25) is 5.91 Å². The number of fused-ring (bicyclic) bond motifs is 1. The van der Waals surface area contributed by atoms with Gasteiger partial charge in [0.05, 0.1) is 18.4 Å². The topological polar surface area (TPSA) is 83.9 Å². The van der Waals surface area contributed by atoms with Crippen molar-refractivity contribution >= 4 is 34.8 Å². The molecule has 0 saturated carbocycles. The molecule has 0 radical (unpaired) electrons. The summed E-state index contributed by atoms with van der Waals surface area (Å²) in [6, 6.07) is 10.3. The molecule has 0 spiro atoms. The van der Waals surface area contributed by atoms with Crippen molar-refractivity contribution in [1.82, 2.24) is 0 Å². The molecule has 0 fully saturated rings. The van der Waals surface area contributed by atoms with E-state index in [1.165, 1.54) is 26.2 Å². The number of aryl methyl sites for hydroxylation is 1. The largest absolute Gasteiger partial charge is 0.506 e. The van der Waals surface area contributed by atoms with Crippen molar-refractivity contribution in [3.05, 3.63) is 65.0 Å². The molecule has 28 heavy (non-hydrogen) atoms. The first-order valence-electron chi connectivity index (χ1n) is 8.57. The van der Waals surface area contributed by atoms with E-state index in [0.717, 1.165) is 16.5 Å². The molecular weight excluding hydrogens is 365 g/mol. The molecule has 2 aromatic rings. The molecule has 2 aromatic carbocycles. The normalized spacial score (nSPS) is 14.7. The highest BCUT2D eigenvalue weighted by atomic mass is 19.1. The molecule has 3 rings (SSSR count). The lowest BCUT2D eigenvalue weighted by molar-refractivity contribution is -0.140. The second-order valence-corrected chi connectivity index (χ2v) is 6.32. The number of hydrogen-bond acceptors (Lipinski definition) is 5. The number of methoxy groups -OCH3 is 1. The Kier molecular flexibility index (Phi) is 5.26. The summed E-state index contributed by atoms with van der Waals surface area (Å²) >= 11 is 0. The van der Waals surface area contributed by atoms with Gasteiger partial charge in [-0.15, -0.1) is 0 Å². The molecule has 1 aliphatic heterocycles. The molecular formula is C21H18FNO5. The number of imide groups is 1. The van der Waals surface area contributed by atoms with Gasteiger partial charge in [-0.1, -0.05) is 24.3 Å². The monoisotopic (exact) mass is 383 g/mol. The summed E-state index contributed by atoms with van der Waals surface area (Å²) in [4.78, 5) is 36.7. The maximum absolute atomic E-state index is 13.6. The number of rotatable bonds is 4. The standard InChI is InChI=1S/C21H18FNO5/c1-12(24)23-17-11-15(22)8-9-16(17)19(21(23)27)20(26)14-6-3-13(4-7-14)5-10-18(25)28-2/h3-4,6-9,11,26H,5,10H2,1-2H3/b20-19+. The summed E-state index contributed by atoms with van der Waals surface area (Å²) in [6.45, 7) is 1.20. The molecule has 0 atom stereocenters. The van der Waals surface area contributed by atoms with Crippen LogP contribution in [-0.2, 0) is 25.5 Å². The first-order chi connectivity index (χ1) is 13.3. The van der Waals surface area contributed by atoms with Crippen molar-refractivity contribution in [3.63, 3.8) is 0 Å². The Morgan fingerprint density at radius 2 is 1.82 bits per heavy atom. The van der Waals surface area contributed by atoms with Crippen molar-refractivity contribution in [2.24, 2.45) is 0 Å². The number of halogens is 1. The minimum absolute atomic E-state index is 0.0625. The maximum atomic E-state index is 13.6. The number of aliphatic hydroxyl groups is 1. The highest BCUT2D eigenvalue weighted by Gasteiger charge is 2.38. The van der Waals surface area contributed by atoms with Crippen LogP contribution in [-0.4, -0.2) is 30.0 Å². The van der Waals surface area contributed by atoms with E-state index in [-0.39, 0.29) is 35.0 Å². The van der Waals surface area contributed by atoms with Crippen LogP contribution in [0.2, 0.25) is 0 Å². The van der Waals surface area contributed by atoms with Gasteiger partial charge >= 0.3 is 5.97 Å². The molecule has 7 heteroatoms. The number of ether oxygens (including phenoxy) is 1. The van der Waals surface area contributed by atoms with E-state index in [2.05, 4.69) is 4.74 Å². The molecule has 0 aliphatic carbocycles. The third-order valence-corrected chi connectivity index (χ3v) is 4.51. The summed E-state index contributed by atoms with van der Waals surface area (Å²) in [5, 5.41) is 10.7. The molecule has 1 heterocycles.